The van der Waals surface area contributed by atoms with Crippen LogP contribution < -0.4 is 10.1 Å². The maximum atomic E-state index is 13.6. The fourth-order valence-electron chi connectivity index (χ4n) is 1.73. The number of hydrogen-bond donors (Lipinski definition) is 1. The number of benzene rings is 1. The minimum Gasteiger partial charge on any atom is -0.486 e. The second-order valence-corrected chi connectivity index (χ2v) is 4.92. The number of aromatic nitrogens is 3. The Balaban J connectivity index is 2.02. The highest BCUT2D eigenvalue weighted by molar-refractivity contribution is 5.29. The fourth-order valence-corrected chi connectivity index (χ4v) is 1.73. The summed E-state index contributed by atoms with van der Waals surface area (Å²) in [7, 11) is 1.79. The summed E-state index contributed by atoms with van der Waals surface area (Å²) in [5.41, 5.74) is 0.853. The molecule has 6 heteroatoms. The van der Waals surface area contributed by atoms with Gasteiger partial charge < -0.3 is 10.1 Å². The molecule has 0 saturated heterocycles. The monoisotopic (exact) mass is 278 g/mol. The SMILES string of the molecule is CC(C)NCc1cc(F)cc(OCc2ncnn2C)c1. The van der Waals surface area contributed by atoms with Gasteiger partial charge in [0.15, 0.2) is 5.82 Å². The lowest BCUT2D eigenvalue weighted by atomic mass is 10.2. The van der Waals surface area contributed by atoms with Crippen LogP contribution in [0.25, 0.3) is 0 Å². The fraction of sp³-hybridized carbons (Fsp3) is 0.429. The van der Waals surface area contributed by atoms with Crippen LogP contribution in [-0.4, -0.2) is 20.8 Å². The first-order valence-corrected chi connectivity index (χ1v) is 6.53. The molecule has 108 valence electrons. The van der Waals surface area contributed by atoms with Crippen molar-refractivity contribution in [3.63, 3.8) is 0 Å². The normalized spacial score (nSPS) is 11.1. The Kier molecular flexibility index (Phi) is 4.68. The van der Waals surface area contributed by atoms with Gasteiger partial charge in [-0.3, -0.25) is 4.68 Å². The molecule has 1 N–H and O–H groups in total. The topological polar surface area (TPSA) is 52.0 Å². The molecule has 2 rings (SSSR count). The molecule has 5 nitrogen and oxygen atoms in total. The molecule has 0 aliphatic rings. The Hall–Kier alpha value is -1.95. The number of nitrogens with one attached hydrogen (secondary N) is 1. The molecule has 0 spiro atoms. The Morgan fingerprint density at radius 1 is 1.35 bits per heavy atom. The minimum absolute atomic E-state index is 0.261. The number of halogens is 1. The molecule has 0 atom stereocenters. The summed E-state index contributed by atoms with van der Waals surface area (Å²) in [4.78, 5) is 4.06. The lowest BCUT2D eigenvalue weighted by Gasteiger charge is -2.11. The van der Waals surface area contributed by atoms with Crippen molar-refractivity contribution in [2.45, 2.75) is 33.0 Å². The molecule has 0 aliphatic heterocycles. The second-order valence-electron chi connectivity index (χ2n) is 4.92. The Morgan fingerprint density at radius 3 is 2.80 bits per heavy atom. The van der Waals surface area contributed by atoms with Crippen LogP contribution in [0, 0.1) is 5.82 Å². The smallest absolute Gasteiger partial charge is 0.164 e. The van der Waals surface area contributed by atoms with Gasteiger partial charge in [0, 0.05) is 25.7 Å². The Morgan fingerprint density at radius 2 is 2.15 bits per heavy atom. The van der Waals surface area contributed by atoms with Crippen molar-refractivity contribution in [3.8, 4) is 5.75 Å². The van der Waals surface area contributed by atoms with Crippen molar-refractivity contribution >= 4 is 0 Å². The largest absolute Gasteiger partial charge is 0.486 e. The van der Waals surface area contributed by atoms with Gasteiger partial charge in [-0.05, 0) is 17.7 Å². The number of hydrogen-bond acceptors (Lipinski definition) is 4. The van der Waals surface area contributed by atoms with Gasteiger partial charge in [0.05, 0.1) is 0 Å². The van der Waals surface area contributed by atoms with Crippen LogP contribution in [0.15, 0.2) is 24.5 Å². The van der Waals surface area contributed by atoms with E-state index in [1.165, 1.54) is 18.5 Å². The maximum Gasteiger partial charge on any atom is 0.164 e. The summed E-state index contributed by atoms with van der Waals surface area (Å²) in [6, 6.07) is 5.05. The highest BCUT2D eigenvalue weighted by Crippen LogP contribution is 2.17. The lowest BCUT2D eigenvalue weighted by Crippen LogP contribution is -2.21. The van der Waals surface area contributed by atoms with Gasteiger partial charge in [-0.2, -0.15) is 5.10 Å². The summed E-state index contributed by atoms with van der Waals surface area (Å²) >= 11 is 0. The first kappa shape index (κ1) is 14.5. The third-order valence-electron chi connectivity index (χ3n) is 2.82. The summed E-state index contributed by atoms with van der Waals surface area (Å²) in [5, 5.41) is 7.20. The standard InChI is InChI=1S/C14H19FN4O/c1-10(2)16-7-11-4-12(15)6-13(5-11)20-8-14-17-9-18-19(14)3/h4-6,9-10,16H,7-8H2,1-3H3. The zero-order chi connectivity index (χ0) is 14.5. The van der Waals surface area contributed by atoms with Crippen LogP contribution in [0.5, 0.6) is 5.75 Å². The molecular formula is C14H19FN4O. The van der Waals surface area contributed by atoms with E-state index in [-0.39, 0.29) is 12.4 Å². The van der Waals surface area contributed by atoms with Crippen LogP contribution >= 0.6 is 0 Å². The van der Waals surface area contributed by atoms with Gasteiger partial charge in [-0.15, -0.1) is 0 Å². The van der Waals surface area contributed by atoms with E-state index in [1.807, 2.05) is 19.9 Å². The van der Waals surface area contributed by atoms with Gasteiger partial charge in [-0.1, -0.05) is 13.8 Å². The van der Waals surface area contributed by atoms with E-state index in [2.05, 4.69) is 15.4 Å². The average molecular weight is 278 g/mol. The van der Waals surface area contributed by atoms with Gasteiger partial charge in [-0.25, -0.2) is 9.37 Å². The van der Waals surface area contributed by atoms with E-state index in [9.17, 15) is 4.39 Å². The van der Waals surface area contributed by atoms with Crippen molar-refractivity contribution in [3.05, 3.63) is 41.7 Å². The Labute approximate surface area is 117 Å². The molecule has 20 heavy (non-hydrogen) atoms. The van der Waals surface area contributed by atoms with Crippen molar-refractivity contribution in [1.82, 2.24) is 20.1 Å². The molecule has 1 heterocycles. The van der Waals surface area contributed by atoms with Crippen molar-refractivity contribution in [1.29, 1.82) is 0 Å². The molecule has 1 aromatic heterocycles. The maximum absolute atomic E-state index is 13.6. The Bertz CT molecular complexity index is 568. The third kappa shape index (κ3) is 4.03. The molecule has 0 amide bonds. The van der Waals surface area contributed by atoms with Crippen molar-refractivity contribution in [2.75, 3.05) is 0 Å². The average Bonchev–Trinajstić information content (AvgIpc) is 2.79. The van der Waals surface area contributed by atoms with E-state index in [0.29, 0.717) is 24.2 Å². The molecule has 0 aliphatic carbocycles. The minimum atomic E-state index is -0.305. The summed E-state index contributed by atoms with van der Waals surface area (Å²) < 4.78 is 20.8. The van der Waals surface area contributed by atoms with E-state index < -0.39 is 0 Å². The molecule has 0 radical (unpaired) electrons. The van der Waals surface area contributed by atoms with Crippen molar-refractivity contribution < 1.29 is 9.13 Å². The number of aryl methyl sites for hydroxylation is 1. The van der Waals surface area contributed by atoms with Crippen LogP contribution in [-0.2, 0) is 20.2 Å². The van der Waals surface area contributed by atoms with E-state index in [0.717, 1.165) is 5.56 Å². The van der Waals surface area contributed by atoms with Gasteiger partial charge >= 0.3 is 0 Å². The lowest BCUT2D eigenvalue weighted by molar-refractivity contribution is 0.288. The second kappa shape index (κ2) is 6.47. The van der Waals surface area contributed by atoms with E-state index >= 15 is 0 Å². The number of nitrogens with zero attached hydrogens (tertiary/aromatic N) is 3. The third-order valence-corrected chi connectivity index (χ3v) is 2.82. The molecule has 0 fully saturated rings. The predicted octanol–water partition coefficient (Wildman–Crippen LogP) is 2.03. The van der Waals surface area contributed by atoms with Gasteiger partial charge in [0.1, 0.15) is 24.5 Å². The summed E-state index contributed by atoms with van der Waals surface area (Å²) in [6.07, 6.45) is 1.46. The summed E-state index contributed by atoms with van der Waals surface area (Å²) in [6.45, 7) is 4.96. The van der Waals surface area contributed by atoms with Crippen molar-refractivity contribution in [2.24, 2.45) is 7.05 Å². The molecule has 0 unspecified atom stereocenters. The van der Waals surface area contributed by atoms with E-state index in [4.69, 9.17) is 4.74 Å². The molecule has 2 aromatic rings. The zero-order valence-electron chi connectivity index (χ0n) is 11.9. The highest BCUT2D eigenvalue weighted by atomic mass is 19.1. The zero-order valence-corrected chi connectivity index (χ0v) is 11.9. The van der Waals surface area contributed by atoms with E-state index in [1.54, 1.807) is 11.7 Å². The first-order valence-electron chi connectivity index (χ1n) is 6.53. The van der Waals surface area contributed by atoms with Crippen LogP contribution in [0.2, 0.25) is 0 Å². The molecule has 0 bridgehead atoms. The number of ether oxygens (including phenoxy) is 1. The van der Waals surface area contributed by atoms with Gasteiger partial charge in [0.2, 0.25) is 0 Å². The molecule has 0 saturated carbocycles. The van der Waals surface area contributed by atoms with Crippen LogP contribution in [0.1, 0.15) is 25.2 Å². The van der Waals surface area contributed by atoms with Crippen LogP contribution in [0.3, 0.4) is 0 Å². The molecule has 1 aromatic carbocycles. The van der Waals surface area contributed by atoms with Crippen LogP contribution in [0.4, 0.5) is 4.39 Å². The first-order chi connectivity index (χ1) is 9.54. The quantitative estimate of drug-likeness (QED) is 0.878. The molecular weight excluding hydrogens is 259 g/mol. The predicted molar refractivity (Wildman–Crippen MR) is 73.7 cm³/mol. The van der Waals surface area contributed by atoms with Gasteiger partial charge in [0.25, 0.3) is 0 Å². The number of rotatable bonds is 6. The highest BCUT2D eigenvalue weighted by Gasteiger charge is 2.05. The summed E-state index contributed by atoms with van der Waals surface area (Å²) in [5.74, 6) is 0.880.